The Kier molecular flexibility index (Phi) is 4.47. The summed E-state index contributed by atoms with van der Waals surface area (Å²) >= 11 is 0. The highest BCUT2D eigenvalue weighted by molar-refractivity contribution is 6.01. The first-order valence-electron chi connectivity index (χ1n) is 6.42. The smallest absolute Gasteiger partial charge is 0.271 e. The normalized spacial score (nSPS) is 11.0. The zero-order valence-electron chi connectivity index (χ0n) is 11.8. The van der Waals surface area contributed by atoms with E-state index in [0.29, 0.717) is 22.5 Å². The molecule has 7 nitrogen and oxygen atoms in total. The summed E-state index contributed by atoms with van der Waals surface area (Å²) in [4.78, 5) is 22.0. The predicted molar refractivity (Wildman–Crippen MR) is 83.6 cm³/mol. The zero-order chi connectivity index (χ0) is 16.1. The summed E-state index contributed by atoms with van der Waals surface area (Å²) in [5.74, 6) is -0.360. The first kappa shape index (κ1) is 15.2. The van der Waals surface area contributed by atoms with Crippen molar-refractivity contribution in [2.45, 2.75) is 6.92 Å². The summed E-state index contributed by atoms with van der Waals surface area (Å²) in [7, 11) is 0. The molecule has 22 heavy (non-hydrogen) atoms. The van der Waals surface area contributed by atoms with Crippen LogP contribution < -0.4 is 11.2 Å². The van der Waals surface area contributed by atoms with Gasteiger partial charge in [-0.25, -0.2) is 5.43 Å². The number of carbonyl (C=O) groups is 1. The van der Waals surface area contributed by atoms with Crippen molar-refractivity contribution < 1.29 is 9.72 Å². The molecule has 0 heterocycles. The van der Waals surface area contributed by atoms with Crippen LogP contribution in [0.15, 0.2) is 53.6 Å². The lowest BCUT2D eigenvalue weighted by Gasteiger charge is -2.03. The maximum Gasteiger partial charge on any atom is 0.271 e. The van der Waals surface area contributed by atoms with Crippen LogP contribution >= 0.6 is 0 Å². The van der Waals surface area contributed by atoms with Crippen molar-refractivity contribution in [1.82, 2.24) is 5.43 Å². The standard InChI is InChI=1S/C15H14N4O3/c1-10(11-4-8-14(9-5-11)19(21)22)17-18-15(20)12-2-6-13(16)7-3-12/h2-9H,16H2,1H3,(H,18,20)/b17-10-. The minimum absolute atomic E-state index is 0.00228. The number of hydrogen-bond acceptors (Lipinski definition) is 5. The van der Waals surface area contributed by atoms with E-state index in [4.69, 9.17) is 5.73 Å². The molecule has 0 bridgehead atoms. The van der Waals surface area contributed by atoms with Crippen LogP contribution in [0.1, 0.15) is 22.8 Å². The van der Waals surface area contributed by atoms with E-state index in [1.165, 1.54) is 12.1 Å². The van der Waals surface area contributed by atoms with Crippen LogP contribution in [0.25, 0.3) is 0 Å². The molecular weight excluding hydrogens is 284 g/mol. The Morgan fingerprint density at radius 3 is 2.18 bits per heavy atom. The lowest BCUT2D eigenvalue weighted by atomic mass is 10.1. The Bertz CT molecular complexity index is 721. The van der Waals surface area contributed by atoms with Gasteiger partial charge in [0.2, 0.25) is 0 Å². The highest BCUT2D eigenvalue weighted by Crippen LogP contribution is 2.12. The van der Waals surface area contributed by atoms with Crippen molar-refractivity contribution in [2.75, 3.05) is 5.73 Å². The van der Waals surface area contributed by atoms with E-state index in [2.05, 4.69) is 10.5 Å². The largest absolute Gasteiger partial charge is 0.399 e. The maximum absolute atomic E-state index is 11.9. The molecule has 112 valence electrons. The number of nitrogen functional groups attached to an aromatic ring is 1. The second-order valence-corrected chi connectivity index (χ2v) is 4.56. The fourth-order valence-corrected chi connectivity index (χ4v) is 1.72. The monoisotopic (exact) mass is 298 g/mol. The molecule has 0 spiro atoms. The van der Waals surface area contributed by atoms with E-state index in [1.54, 1.807) is 43.3 Å². The van der Waals surface area contributed by atoms with Crippen LogP contribution in [0.3, 0.4) is 0 Å². The average Bonchev–Trinajstić information content (AvgIpc) is 2.53. The van der Waals surface area contributed by atoms with Crippen molar-refractivity contribution in [3.05, 3.63) is 69.8 Å². The van der Waals surface area contributed by atoms with E-state index in [1.807, 2.05) is 0 Å². The molecule has 0 saturated heterocycles. The molecule has 2 rings (SSSR count). The van der Waals surface area contributed by atoms with Crippen LogP contribution in [0, 0.1) is 10.1 Å². The molecule has 0 atom stereocenters. The zero-order valence-corrected chi connectivity index (χ0v) is 11.8. The molecular formula is C15H14N4O3. The third kappa shape index (κ3) is 3.66. The van der Waals surface area contributed by atoms with Gasteiger partial charge in [-0.1, -0.05) is 0 Å². The summed E-state index contributed by atoms with van der Waals surface area (Å²) in [6.07, 6.45) is 0. The van der Waals surface area contributed by atoms with E-state index in [9.17, 15) is 14.9 Å². The summed E-state index contributed by atoms with van der Waals surface area (Å²) in [6.45, 7) is 1.70. The first-order chi connectivity index (χ1) is 10.5. The first-order valence-corrected chi connectivity index (χ1v) is 6.42. The highest BCUT2D eigenvalue weighted by atomic mass is 16.6. The minimum atomic E-state index is -0.473. The maximum atomic E-state index is 11.9. The van der Waals surface area contributed by atoms with Crippen LogP contribution in [-0.4, -0.2) is 16.5 Å². The number of anilines is 1. The number of non-ortho nitro benzene ring substituents is 1. The number of carbonyl (C=O) groups excluding carboxylic acids is 1. The van der Waals surface area contributed by atoms with Crippen LogP contribution in [0.5, 0.6) is 0 Å². The highest BCUT2D eigenvalue weighted by Gasteiger charge is 2.07. The van der Waals surface area contributed by atoms with Gasteiger partial charge in [0, 0.05) is 23.4 Å². The van der Waals surface area contributed by atoms with Crippen molar-refractivity contribution in [3.63, 3.8) is 0 Å². The number of nitrogens with one attached hydrogen (secondary N) is 1. The van der Waals surface area contributed by atoms with Crippen molar-refractivity contribution in [3.8, 4) is 0 Å². The number of benzene rings is 2. The Labute approximate surface area is 126 Å². The topological polar surface area (TPSA) is 111 Å². The second kappa shape index (κ2) is 6.49. The number of nitrogens with two attached hydrogens (primary N) is 1. The Morgan fingerprint density at radius 1 is 1.09 bits per heavy atom. The average molecular weight is 298 g/mol. The van der Waals surface area contributed by atoms with E-state index in [-0.39, 0.29) is 11.6 Å². The predicted octanol–water partition coefficient (Wildman–Crippen LogP) is 2.33. The number of nitro groups is 1. The lowest BCUT2D eigenvalue weighted by Crippen LogP contribution is -2.19. The number of nitro benzene ring substituents is 1. The van der Waals surface area contributed by atoms with Gasteiger partial charge in [0.05, 0.1) is 10.6 Å². The summed E-state index contributed by atoms with van der Waals surface area (Å²) < 4.78 is 0. The molecule has 7 heteroatoms. The molecule has 0 fully saturated rings. The Hall–Kier alpha value is -3.22. The molecule has 0 aliphatic rings. The molecule has 2 aromatic rings. The summed E-state index contributed by atoms with van der Waals surface area (Å²) in [5.41, 5.74) is 10.2. The van der Waals surface area contributed by atoms with Crippen molar-refractivity contribution in [1.29, 1.82) is 0 Å². The number of hydrazone groups is 1. The summed E-state index contributed by atoms with van der Waals surface area (Å²) in [5, 5.41) is 14.6. The van der Waals surface area contributed by atoms with Gasteiger partial charge in [0.1, 0.15) is 0 Å². The Morgan fingerprint density at radius 2 is 1.64 bits per heavy atom. The molecule has 3 N–H and O–H groups in total. The molecule has 0 radical (unpaired) electrons. The van der Waals surface area contributed by atoms with Gasteiger partial charge in [-0.3, -0.25) is 14.9 Å². The van der Waals surface area contributed by atoms with Crippen molar-refractivity contribution >= 4 is 23.0 Å². The van der Waals surface area contributed by atoms with Crippen LogP contribution in [-0.2, 0) is 0 Å². The fourth-order valence-electron chi connectivity index (χ4n) is 1.72. The molecule has 2 aromatic carbocycles. The number of rotatable bonds is 4. The third-order valence-electron chi connectivity index (χ3n) is 2.99. The molecule has 1 amide bonds. The Balaban J connectivity index is 2.07. The van der Waals surface area contributed by atoms with Gasteiger partial charge in [0.25, 0.3) is 11.6 Å². The third-order valence-corrected chi connectivity index (χ3v) is 2.99. The number of amides is 1. The molecule has 0 unspecified atom stereocenters. The fraction of sp³-hybridized carbons (Fsp3) is 0.0667. The lowest BCUT2D eigenvalue weighted by molar-refractivity contribution is -0.384. The minimum Gasteiger partial charge on any atom is -0.399 e. The van der Waals surface area contributed by atoms with Gasteiger partial charge >= 0.3 is 0 Å². The van der Waals surface area contributed by atoms with Gasteiger partial charge in [-0.15, -0.1) is 0 Å². The molecule has 0 aliphatic carbocycles. The van der Waals surface area contributed by atoms with Gasteiger partial charge in [0.15, 0.2) is 0 Å². The van der Waals surface area contributed by atoms with Crippen molar-refractivity contribution in [2.24, 2.45) is 5.10 Å². The number of nitrogens with zero attached hydrogens (tertiary/aromatic N) is 2. The van der Waals surface area contributed by atoms with E-state index < -0.39 is 4.92 Å². The molecule has 0 aliphatic heterocycles. The van der Waals surface area contributed by atoms with Gasteiger partial charge < -0.3 is 5.73 Å². The van der Waals surface area contributed by atoms with Gasteiger partial charge in [-0.05, 0) is 48.9 Å². The van der Waals surface area contributed by atoms with Crippen LogP contribution in [0.2, 0.25) is 0 Å². The quantitative estimate of drug-likeness (QED) is 0.390. The second-order valence-electron chi connectivity index (χ2n) is 4.56. The summed E-state index contributed by atoms with van der Waals surface area (Å²) in [6, 6.07) is 12.4. The van der Waals surface area contributed by atoms with E-state index >= 15 is 0 Å². The molecule has 0 saturated carbocycles. The van der Waals surface area contributed by atoms with Gasteiger partial charge in [-0.2, -0.15) is 5.10 Å². The van der Waals surface area contributed by atoms with Crippen LogP contribution in [0.4, 0.5) is 11.4 Å². The number of hydrogen-bond donors (Lipinski definition) is 2. The SMILES string of the molecule is C/C(=N/NC(=O)c1ccc(N)cc1)c1ccc([N+](=O)[O-])cc1. The van der Waals surface area contributed by atoms with E-state index in [0.717, 1.165) is 0 Å². The molecule has 0 aromatic heterocycles.